The molecule has 132 valence electrons. The lowest BCUT2D eigenvalue weighted by atomic mass is 10.1. The molecule has 3 rings (SSSR count). The van der Waals surface area contributed by atoms with Crippen LogP contribution in [-0.2, 0) is 21.2 Å². The summed E-state index contributed by atoms with van der Waals surface area (Å²) in [6.07, 6.45) is 3.25. The van der Waals surface area contributed by atoms with Gasteiger partial charge in [-0.3, -0.25) is 4.79 Å². The number of carbonyl (C=O) groups excluding carboxylic acids is 1. The minimum atomic E-state index is -3.58. The largest absolute Gasteiger partial charge is 0.493 e. The van der Waals surface area contributed by atoms with Gasteiger partial charge in [-0.1, -0.05) is 6.92 Å². The second-order valence-electron chi connectivity index (χ2n) is 6.39. The molecular weight excluding hydrogens is 328 g/mol. The van der Waals surface area contributed by atoms with Crippen LogP contribution in [0.25, 0.3) is 0 Å². The van der Waals surface area contributed by atoms with Crippen molar-refractivity contribution in [2.75, 3.05) is 19.7 Å². The van der Waals surface area contributed by atoms with Gasteiger partial charge in [-0.2, -0.15) is 0 Å². The molecule has 2 aliphatic heterocycles. The first-order valence-corrected chi connectivity index (χ1v) is 10.0. The van der Waals surface area contributed by atoms with Gasteiger partial charge in [0, 0.05) is 32.0 Å². The third-order valence-electron chi connectivity index (χ3n) is 4.59. The van der Waals surface area contributed by atoms with Crippen molar-refractivity contribution in [3.8, 4) is 5.75 Å². The van der Waals surface area contributed by atoms with Gasteiger partial charge in [0.1, 0.15) is 5.75 Å². The summed E-state index contributed by atoms with van der Waals surface area (Å²) in [6, 6.07) is 4.79. The van der Waals surface area contributed by atoms with E-state index >= 15 is 0 Å². The number of rotatable bonds is 5. The zero-order valence-corrected chi connectivity index (χ0v) is 14.8. The monoisotopic (exact) mass is 352 g/mol. The molecule has 1 aromatic carbocycles. The molecule has 1 saturated heterocycles. The molecule has 0 aromatic heterocycles. The number of hydrogen-bond acceptors (Lipinski definition) is 4. The van der Waals surface area contributed by atoms with E-state index in [0.29, 0.717) is 32.4 Å². The van der Waals surface area contributed by atoms with Crippen LogP contribution in [0.1, 0.15) is 38.2 Å². The van der Waals surface area contributed by atoms with E-state index in [-0.39, 0.29) is 16.8 Å². The van der Waals surface area contributed by atoms with E-state index in [1.54, 1.807) is 18.2 Å². The van der Waals surface area contributed by atoms with Crippen molar-refractivity contribution in [3.63, 3.8) is 0 Å². The summed E-state index contributed by atoms with van der Waals surface area (Å²) in [5, 5.41) is 0. The van der Waals surface area contributed by atoms with Gasteiger partial charge in [0.15, 0.2) is 0 Å². The van der Waals surface area contributed by atoms with Gasteiger partial charge in [-0.25, -0.2) is 13.1 Å². The van der Waals surface area contributed by atoms with Gasteiger partial charge >= 0.3 is 0 Å². The lowest BCUT2D eigenvalue weighted by molar-refractivity contribution is -0.130. The Bertz CT molecular complexity index is 717. The quantitative estimate of drug-likeness (QED) is 0.875. The third-order valence-corrected chi connectivity index (χ3v) is 6.11. The number of ether oxygens (including phenoxy) is 1. The molecule has 7 heteroatoms. The van der Waals surface area contributed by atoms with Crippen LogP contribution >= 0.6 is 0 Å². The Balaban J connectivity index is 1.69. The molecule has 0 saturated carbocycles. The summed E-state index contributed by atoms with van der Waals surface area (Å²) in [6.45, 7) is 3.99. The lowest BCUT2D eigenvalue weighted by Gasteiger charge is -2.20. The average molecular weight is 352 g/mol. The summed E-state index contributed by atoms with van der Waals surface area (Å²) in [5.74, 6) is 0.887. The van der Waals surface area contributed by atoms with Crippen LogP contribution in [-0.4, -0.2) is 45.0 Å². The van der Waals surface area contributed by atoms with Crippen molar-refractivity contribution in [2.24, 2.45) is 0 Å². The molecule has 24 heavy (non-hydrogen) atoms. The Morgan fingerprint density at radius 2 is 2.12 bits per heavy atom. The summed E-state index contributed by atoms with van der Waals surface area (Å²) in [7, 11) is -3.58. The molecule has 2 heterocycles. The molecule has 2 aliphatic rings. The summed E-state index contributed by atoms with van der Waals surface area (Å²) in [5.41, 5.74) is 0.933. The first kappa shape index (κ1) is 17.2. The average Bonchev–Trinajstić information content (AvgIpc) is 2.96. The number of likely N-dealkylation sites (tertiary alicyclic amines) is 1. The van der Waals surface area contributed by atoms with Crippen LogP contribution in [0, 0.1) is 0 Å². The second-order valence-corrected chi connectivity index (χ2v) is 8.11. The molecule has 0 aliphatic carbocycles. The number of carbonyl (C=O) groups is 1. The van der Waals surface area contributed by atoms with Crippen molar-refractivity contribution in [1.29, 1.82) is 0 Å². The number of nitrogens with one attached hydrogen (secondary N) is 1. The van der Waals surface area contributed by atoms with Gasteiger partial charge in [0.2, 0.25) is 15.9 Å². The molecule has 1 atom stereocenters. The molecule has 1 N–H and O–H groups in total. The van der Waals surface area contributed by atoms with Gasteiger partial charge in [-0.15, -0.1) is 0 Å². The number of amides is 1. The summed E-state index contributed by atoms with van der Waals surface area (Å²) >= 11 is 0. The first-order valence-electron chi connectivity index (χ1n) is 8.55. The van der Waals surface area contributed by atoms with Crippen molar-refractivity contribution in [2.45, 2.75) is 50.0 Å². The van der Waals surface area contributed by atoms with Crippen molar-refractivity contribution in [3.05, 3.63) is 23.8 Å². The summed E-state index contributed by atoms with van der Waals surface area (Å²) in [4.78, 5) is 14.2. The Kier molecular flexibility index (Phi) is 5.10. The molecule has 0 radical (unpaired) electrons. The van der Waals surface area contributed by atoms with Gasteiger partial charge in [-0.05, 0) is 43.0 Å². The normalized spacial score (nSPS) is 21.3. The third kappa shape index (κ3) is 3.72. The van der Waals surface area contributed by atoms with Crippen molar-refractivity contribution in [1.82, 2.24) is 9.62 Å². The molecule has 1 fully saturated rings. The van der Waals surface area contributed by atoms with E-state index in [9.17, 15) is 13.2 Å². The molecule has 0 spiro atoms. The van der Waals surface area contributed by atoms with E-state index in [0.717, 1.165) is 30.7 Å². The highest BCUT2D eigenvalue weighted by atomic mass is 32.2. The standard InChI is InChI=1S/C17H24N2O4S/c1-2-9-19-10-7-14(3-6-17(19)20)18-24(21,22)15-4-5-16-13(12-15)8-11-23-16/h4-5,12,14,18H,2-3,6-11H2,1H3. The molecular formula is C17H24N2O4S. The molecule has 6 nitrogen and oxygen atoms in total. The number of hydrogen-bond donors (Lipinski definition) is 1. The molecule has 1 aromatic rings. The number of benzene rings is 1. The first-order chi connectivity index (χ1) is 11.5. The van der Waals surface area contributed by atoms with Crippen LogP contribution in [0.15, 0.2) is 23.1 Å². The Hall–Kier alpha value is -1.60. The minimum absolute atomic E-state index is 0.119. The smallest absolute Gasteiger partial charge is 0.240 e. The molecule has 1 unspecified atom stereocenters. The zero-order chi connectivity index (χ0) is 17.2. The van der Waals surface area contributed by atoms with E-state index < -0.39 is 10.0 Å². The molecule has 1 amide bonds. The maximum atomic E-state index is 12.7. The predicted octanol–water partition coefficient (Wildman–Crippen LogP) is 1.69. The maximum absolute atomic E-state index is 12.7. The fourth-order valence-corrected chi connectivity index (χ4v) is 4.63. The van der Waals surface area contributed by atoms with Gasteiger partial charge in [0.25, 0.3) is 0 Å². The Labute approximate surface area is 143 Å². The highest BCUT2D eigenvalue weighted by Crippen LogP contribution is 2.28. The van der Waals surface area contributed by atoms with E-state index in [2.05, 4.69) is 4.72 Å². The number of nitrogens with zero attached hydrogens (tertiary/aromatic N) is 1. The van der Waals surface area contributed by atoms with Crippen molar-refractivity contribution < 1.29 is 17.9 Å². The minimum Gasteiger partial charge on any atom is -0.493 e. The van der Waals surface area contributed by atoms with E-state index in [1.807, 2.05) is 11.8 Å². The number of fused-ring (bicyclic) bond motifs is 1. The van der Waals surface area contributed by atoms with Crippen LogP contribution in [0.5, 0.6) is 5.75 Å². The van der Waals surface area contributed by atoms with E-state index in [4.69, 9.17) is 4.74 Å². The van der Waals surface area contributed by atoms with Crippen LogP contribution < -0.4 is 9.46 Å². The fourth-order valence-electron chi connectivity index (χ4n) is 3.28. The topological polar surface area (TPSA) is 75.7 Å². The van der Waals surface area contributed by atoms with Gasteiger partial charge < -0.3 is 9.64 Å². The van der Waals surface area contributed by atoms with Crippen molar-refractivity contribution >= 4 is 15.9 Å². The lowest BCUT2D eigenvalue weighted by Crippen LogP contribution is -2.36. The maximum Gasteiger partial charge on any atom is 0.240 e. The Morgan fingerprint density at radius 1 is 1.29 bits per heavy atom. The van der Waals surface area contributed by atoms with Crippen LogP contribution in [0.2, 0.25) is 0 Å². The highest BCUT2D eigenvalue weighted by Gasteiger charge is 2.26. The highest BCUT2D eigenvalue weighted by molar-refractivity contribution is 7.89. The number of sulfonamides is 1. The predicted molar refractivity (Wildman–Crippen MR) is 90.5 cm³/mol. The molecule has 0 bridgehead atoms. The second kappa shape index (κ2) is 7.11. The van der Waals surface area contributed by atoms with E-state index in [1.165, 1.54) is 0 Å². The van der Waals surface area contributed by atoms with Crippen LogP contribution in [0.3, 0.4) is 0 Å². The Morgan fingerprint density at radius 3 is 2.92 bits per heavy atom. The van der Waals surface area contributed by atoms with Crippen LogP contribution in [0.4, 0.5) is 0 Å². The SMILES string of the molecule is CCCN1CCC(NS(=O)(=O)c2ccc3c(c2)CCO3)CCC1=O. The van der Waals surface area contributed by atoms with Gasteiger partial charge in [0.05, 0.1) is 11.5 Å². The summed E-state index contributed by atoms with van der Waals surface area (Å²) < 4.78 is 33.5. The zero-order valence-electron chi connectivity index (χ0n) is 14.0. The fraction of sp³-hybridized carbons (Fsp3) is 0.588.